The number of aromatic hydroxyl groups is 1. The number of rotatable bonds is 10. The Labute approximate surface area is 188 Å². The van der Waals surface area contributed by atoms with Gasteiger partial charge in [0.1, 0.15) is 22.5 Å². The average Bonchev–Trinajstić information content (AvgIpc) is 3.15. The number of benzene rings is 2. The van der Waals surface area contributed by atoms with Crippen molar-refractivity contribution < 1.29 is 14.6 Å². The first kappa shape index (κ1) is 23.1. The number of esters is 1. The molecule has 6 nitrogen and oxygen atoms in total. The van der Waals surface area contributed by atoms with E-state index in [-0.39, 0.29) is 24.1 Å². The molecule has 0 aliphatic rings. The van der Waals surface area contributed by atoms with Crippen LogP contribution in [0.25, 0.3) is 16.7 Å². The molecule has 1 aromatic heterocycles. The summed E-state index contributed by atoms with van der Waals surface area (Å²) in [6.07, 6.45) is 4.86. The number of phenols is 1. The summed E-state index contributed by atoms with van der Waals surface area (Å²) in [5.74, 6) is 0.0691. The van der Waals surface area contributed by atoms with Crippen LogP contribution in [0.2, 0.25) is 5.02 Å². The lowest BCUT2D eigenvalue weighted by Gasteiger charge is -2.14. The molecule has 0 aliphatic heterocycles. The van der Waals surface area contributed by atoms with Crippen LogP contribution in [0.5, 0.6) is 5.75 Å². The normalized spacial score (nSPS) is 11.4. The van der Waals surface area contributed by atoms with Gasteiger partial charge >= 0.3 is 5.97 Å². The highest BCUT2D eigenvalue weighted by Crippen LogP contribution is 2.32. The van der Waals surface area contributed by atoms with Crippen LogP contribution in [0.4, 0.5) is 0 Å². The molecule has 0 fully saturated rings. The number of carbonyl (C=O) groups is 1. The zero-order valence-corrected chi connectivity index (χ0v) is 19.2. The van der Waals surface area contributed by atoms with E-state index < -0.39 is 0 Å². The van der Waals surface area contributed by atoms with Crippen LogP contribution in [0.1, 0.15) is 69.9 Å². The van der Waals surface area contributed by atoms with Crippen LogP contribution in [0.15, 0.2) is 30.3 Å². The summed E-state index contributed by atoms with van der Waals surface area (Å²) in [5, 5.41) is 20.5. The van der Waals surface area contributed by atoms with Gasteiger partial charge in [-0.15, -0.1) is 15.0 Å². The summed E-state index contributed by atoms with van der Waals surface area (Å²) < 4.78 is 5.33. The summed E-state index contributed by atoms with van der Waals surface area (Å²) >= 11 is 6.06. The highest BCUT2D eigenvalue weighted by atomic mass is 35.5. The summed E-state index contributed by atoms with van der Waals surface area (Å²) in [6.45, 7) is 6.76. The Hall–Kier alpha value is -2.60. The van der Waals surface area contributed by atoms with Gasteiger partial charge in [-0.2, -0.15) is 0 Å². The van der Waals surface area contributed by atoms with Crippen molar-refractivity contribution >= 4 is 28.6 Å². The average molecular weight is 444 g/mol. The highest BCUT2D eigenvalue weighted by Gasteiger charge is 2.17. The van der Waals surface area contributed by atoms with Gasteiger partial charge in [0.25, 0.3) is 0 Å². The number of aryl methyl sites for hydroxylation is 1. The number of fused-ring (bicyclic) bond motifs is 1. The number of unbranched alkanes of at least 4 members (excludes halogenated alkanes) is 3. The summed E-state index contributed by atoms with van der Waals surface area (Å²) in [7, 11) is 0. The monoisotopic (exact) mass is 443 g/mol. The molecule has 1 N–H and O–H groups in total. The minimum absolute atomic E-state index is 0.0755. The summed E-state index contributed by atoms with van der Waals surface area (Å²) in [4.78, 5) is 13.6. The number of hydrogen-bond donors (Lipinski definition) is 1. The van der Waals surface area contributed by atoms with E-state index >= 15 is 0 Å². The van der Waals surface area contributed by atoms with E-state index in [4.69, 9.17) is 16.3 Å². The third kappa shape index (κ3) is 5.97. The molecule has 3 rings (SSSR count). The maximum Gasteiger partial charge on any atom is 0.306 e. The molecule has 7 heteroatoms. The quantitative estimate of drug-likeness (QED) is 0.309. The molecule has 2 aromatic carbocycles. The van der Waals surface area contributed by atoms with Crippen molar-refractivity contribution in [2.24, 2.45) is 0 Å². The second-order valence-corrected chi connectivity index (χ2v) is 8.54. The van der Waals surface area contributed by atoms with E-state index in [1.165, 1.54) is 4.80 Å². The Morgan fingerprint density at radius 2 is 1.90 bits per heavy atom. The number of aromatic nitrogens is 3. The van der Waals surface area contributed by atoms with Gasteiger partial charge in [-0.05, 0) is 54.2 Å². The number of nitrogens with zero attached hydrogens (tertiary/aromatic N) is 3. The maximum absolute atomic E-state index is 12.1. The SMILES string of the molecule is CCCCCCOC(=O)CCc1cc(C(C)C)cc(-n2nc3ccc(Cl)cc3n2)c1O. The lowest BCUT2D eigenvalue weighted by Crippen LogP contribution is -2.08. The Bertz CT molecular complexity index is 1050. The van der Waals surface area contributed by atoms with Crippen LogP contribution in [0.3, 0.4) is 0 Å². The van der Waals surface area contributed by atoms with Gasteiger partial charge in [-0.1, -0.05) is 57.7 Å². The summed E-state index contributed by atoms with van der Waals surface area (Å²) in [5.41, 5.74) is 3.54. The van der Waals surface area contributed by atoms with Gasteiger partial charge in [-0.25, -0.2) is 0 Å². The summed E-state index contributed by atoms with van der Waals surface area (Å²) in [6, 6.07) is 9.11. The third-order valence-electron chi connectivity index (χ3n) is 5.27. The molecule has 3 aromatic rings. The highest BCUT2D eigenvalue weighted by molar-refractivity contribution is 6.31. The first-order valence-corrected chi connectivity index (χ1v) is 11.3. The predicted octanol–water partition coefficient (Wildman–Crippen LogP) is 5.96. The van der Waals surface area contributed by atoms with Gasteiger partial charge in [0, 0.05) is 11.4 Å². The van der Waals surface area contributed by atoms with E-state index in [9.17, 15) is 9.90 Å². The van der Waals surface area contributed by atoms with Gasteiger partial charge in [0.2, 0.25) is 0 Å². The van der Waals surface area contributed by atoms with Crippen LogP contribution in [0, 0.1) is 0 Å². The zero-order chi connectivity index (χ0) is 22.4. The Balaban J connectivity index is 1.79. The molecule has 0 atom stereocenters. The van der Waals surface area contributed by atoms with Crippen LogP contribution >= 0.6 is 11.6 Å². The Morgan fingerprint density at radius 1 is 1.13 bits per heavy atom. The van der Waals surface area contributed by atoms with Crippen molar-refractivity contribution in [2.45, 2.75) is 65.2 Å². The fourth-order valence-electron chi connectivity index (χ4n) is 3.40. The van der Waals surface area contributed by atoms with E-state index in [0.717, 1.165) is 31.2 Å². The van der Waals surface area contributed by atoms with Crippen molar-refractivity contribution in [3.05, 3.63) is 46.5 Å². The van der Waals surface area contributed by atoms with Crippen LogP contribution in [-0.4, -0.2) is 32.7 Å². The smallest absolute Gasteiger partial charge is 0.306 e. The topological polar surface area (TPSA) is 77.2 Å². The number of halogens is 1. The Kier molecular flexibility index (Phi) is 7.91. The van der Waals surface area contributed by atoms with Crippen molar-refractivity contribution in [2.75, 3.05) is 6.61 Å². The maximum atomic E-state index is 12.1. The van der Waals surface area contributed by atoms with E-state index in [2.05, 4.69) is 31.0 Å². The molecule has 0 amide bonds. The second-order valence-electron chi connectivity index (χ2n) is 8.11. The van der Waals surface area contributed by atoms with Gasteiger partial charge in [-0.3, -0.25) is 4.79 Å². The van der Waals surface area contributed by atoms with Crippen molar-refractivity contribution in [3.8, 4) is 11.4 Å². The van der Waals surface area contributed by atoms with E-state index in [1.54, 1.807) is 18.2 Å². The van der Waals surface area contributed by atoms with Gasteiger partial charge in [0.15, 0.2) is 0 Å². The minimum Gasteiger partial charge on any atom is -0.505 e. The first-order chi connectivity index (χ1) is 14.9. The fraction of sp³-hybridized carbons (Fsp3) is 0.458. The molecule has 0 bridgehead atoms. The molecule has 0 unspecified atom stereocenters. The third-order valence-corrected chi connectivity index (χ3v) is 5.51. The van der Waals surface area contributed by atoms with Crippen molar-refractivity contribution in [3.63, 3.8) is 0 Å². The van der Waals surface area contributed by atoms with Crippen LogP contribution < -0.4 is 0 Å². The predicted molar refractivity (Wildman–Crippen MR) is 123 cm³/mol. The molecular formula is C24H30ClN3O3. The lowest BCUT2D eigenvalue weighted by molar-refractivity contribution is -0.143. The zero-order valence-electron chi connectivity index (χ0n) is 18.4. The molecule has 0 saturated carbocycles. The fourth-order valence-corrected chi connectivity index (χ4v) is 3.56. The first-order valence-electron chi connectivity index (χ1n) is 10.9. The largest absolute Gasteiger partial charge is 0.505 e. The van der Waals surface area contributed by atoms with Gasteiger partial charge < -0.3 is 9.84 Å². The number of ether oxygens (including phenoxy) is 1. The number of phenolic OH excluding ortho intramolecular Hbond substituents is 1. The molecular weight excluding hydrogens is 414 g/mol. The minimum atomic E-state index is -0.245. The molecule has 0 saturated heterocycles. The molecule has 0 radical (unpaired) electrons. The number of hydrogen-bond acceptors (Lipinski definition) is 5. The van der Waals surface area contributed by atoms with Gasteiger partial charge in [0.05, 0.1) is 6.61 Å². The molecule has 0 aliphatic carbocycles. The Morgan fingerprint density at radius 3 is 2.65 bits per heavy atom. The molecule has 166 valence electrons. The van der Waals surface area contributed by atoms with Crippen molar-refractivity contribution in [1.29, 1.82) is 0 Å². The molecule has 1 heterocycles. The van der Waals surface area contributed by atoms with E-state index in [1.807, 2.05) is 12.1 Å². The van der Waals surface area contributed by atoms with Crippen molar-refractivity contribution in [1.82, 2.24) is 15.0 Å². The van der Waals surface area contributed by atoms with E-state index in [0.29, 0.717) is 40.3 Å². The number of carbonyl (C=O) groups excluding carboxylic acids is 1. The molecule has 31 heavy (non-hydrogen) atoms. The standard InChI is InChI=1S/C24H30ClN3O3/c1-4-5-6-7-12-31-23(29)11-8-17-13-18(16(2)3)14-22(24(17)30)28-26-20-10-9-19(25)15-21(20)27-28/h9-10,13-16,30H,4-8,11-12H2,1-3H3. The lowest BCUT2D eigenvalue weighted by atomic mass is 9.97. The van der Waals surface area contributed by atoms with Crippen LogP contribution in [-0.2, 0) is 16.0 Å². The molecule has 0 spiro atoms. The second kappa shape index (κ2) is 10.6.